The Balaban J connectivity index is 1.52. The molecule has 3 aromatic heterocycles. The second-order valence-corrected chi connectivity index (χ2v) is 7.96. The Morgan fingerprint density at radius 3 is 2.64 bits per heavy atom. The van der Waals surface area contributed by atoms with Crippen LogP contribution in [0.3, 0.4) is 0 Å². The van der Waals surface area contributed by atoms with Crippen LogP contribution in [0.5, 0.6) is 0 Å². The predicted molar refractivity (Wildman–Crippen MR) is 97.6 cm³/mol. The summed E-state index contributed by atoms with van der Waals surface area (Å²) in [6.07, 6.45) is 4.92. The number of halogens is 3. The van der Waals surface area contributed by atoms with E-state index in [0.717, 1.165) is 41.6 Å². The fourth-order valence-electron chi connectivity index (χ4n) is 3.97. The molecule has 148 valence electrons. The number of fused-ring (bicyclic) bond motifs is 1. The molecular weight excluding hydrogens is 369 g/mol. The molecule has 2 aliphatic carbocycles. The van der Waals surface area contributed by atoms with Crippen LogP contribution in [0.25, 0.3) is 22.2 Å². The van der Waals surface area contributed by atoms with E-state index in [1.54, 1.807) is 12.3 Å². The van der Waals surface area contributed by atoms with Crippen LogP contribution in [-0.4, -0.2) is 37.3 Å². The van der Waals surface area contributed by atoms with Gasteiger partial charge in [0.25, 0.3) is 0 Å². The Bertz CT molecular complexity index is 1010. The van der Waals surface area contributed by atoms with Crippen molar-refractivity contribution >= 4 is 10.9 Å². The van der Waals surface area contributed by atoms with Crippen molar-refractivity contribution in [3.63, 3.8) is 0 Å². The van der Waals surface area contributed by atoms with E-state index >= 15 is 0 Å². The lowest BCUT2D eigenvalue weighted by Crippen LogP contribution is -2.32. The van der Waals surface area contributed by atoms with Gasteiger partial charge in [-0.05, 0) is 44.2 Å². The maximum absolute atomic E-state index is 12.8. The number of hydrogen-bond donors (Lipinski definition) is 1. The van der Waals surface area contributed by atoms with Gasteiger partial charge in [0.2, 0.25) is 0 Å². The van der Waals surface area contributed by atoms with Gasteiger partial charge in [0.15, 0.2) is 0 Å². The maximum Gasteiger partial charge on any atom is 0.408 e. The van der Waals surface area contributed by atoms with Gasteiger partial charge < -0.3 is 5.73 Å². The molecule has 9 heteroatoms. The maximum atomic E-state index is 12.8. The Morgan fingerprint density at radius 2 is 1.96 bits per heavy atom. The quantitative estimate of drug-likeness (QED) is 0.722. The molecule has 0 radical (unpaired) electrons. The molecular formula is C19H21F3N6. The third-order valence-electron chi connectivity index (χ3n) is 5.77. The van der Waals surface area contributed by atoms with Crippen molar-refractivity contribution < 1.29 is 13.2 Å². The van der Waals surface area contributed by atoms with E-state index in [0.29, 0.717) is 41.0 Å². The van der Waals surface area contributed by atoms with Crippen LogP contribution < -0.4 is 5.73 Å². The van der Waals surface area contributed by atoms with E-state index in [-0.39, 0.29) is 0 Å². The number of pyridine rings is 1. The normalized spacial score (nSPS) is 22.6. The van der Waals surface area contributed by atoms with Gasteiger partial charge in [-0.1, -0.05) is 0 Å². The first-order valence-electron chi connectivity index (χ1n) is 9.59. The largest absolute Gasteiger partial charge is 0.408 e. The van der Waals surface area contributed by atoms with Gasteiger partial charge >= 0.3 is 6.18 Å². The van der Waals surface area contributed by atoms with Crippen LogP contribution in [0.2, 0.25) is 0 Å². The topological polar surface area (TPSA) is 74.6 Å². The first-order chi connectivity index (χ1) is 13.4. The van der Waals surface area contributed by atoms with Gasteiger partial charge in [-0.2, -0.15) is 23.4 Å². The minimum Gasteiger partial charge on any atom is -0.330 e. The number of rotatable bonds is 5. The van der Waals surface area contributed by atoms with Crippen molar-refractivity contribution in [3.8, 4) is 11.3 Å². The van der Waals surface area contributed by atoms with Crippen molar-refractivity contribution in [2.75, 3.05) is 6.54 Å². The summed E-state index contributed by atoms with van der Waals surface area (Å²) in [5.74, 6) is 0.965. The summed E-state index contributed by atoms with van der Waals surface area (Å²) in [6.45, 7) is -0.418. The Morgan fingerprint density at radius 1 is 1.18 bits per heavy atom. The zero-order chi connectivity index (χ0) is 19.5. The smallest absolute Gasteiger partial charge is 0.330 e. The van der Waals surface area contributed by atoms with E-state index in [9.17, 15) is 13.2 Å². The summed E-state index contributed by atoms with van der Waals surface area (Å²) in [5, 5.41) is 9.30. The molecule has 2 fully saturated rings. The molecule has 2 aliphatic rings. The van der Waals surface area contributed by atoms with Crippen LogP contribution >= 0.6 is 0 Å². The average molecular weight is 390 g/mol. The van der Waals surface area contributed by atoms with Gasteiger partial charge in [-0.25, -0.2) is 0 Å². The fraction of sp³-hybridized carbons (Fsp3) is 0.526. The summed E-state index contributed by atoms with van der Waals surface area (Å²) in [6, 6.07) is 2.05. The van der Waals surface area contributed by atoms with Crippen molar-refractivity contribution in [1.29, 1.82) is 0 Å². The van der Waals surface area contributed by atoms with Crippen LogP contribution in [0.1, 0.15) is 43.3 Å². The number of hydrogen-bond acceptors (Lipinski definition) is 4. The molecule has 0 atom stereocenters. The Hall–Kier alpha value is -2.42. The summed E-state index contributed by atoms with van der Waals surface area (Å²) in [4.78, 5) is 4.50. The van der Waals surface area contributed by atoms with E-state index in [1.165, 1.54) is 6.20 Å². The lowest BCUT2D eigenvalue weighted by molar-refractivity contribution is -0.141. The zero-order valence-corrected chi connectivity index (χ0v) is 15.2. The molecule has 2 saturated carbocycles. The van der Waals surface area contributed by atoms with Crippen molar-refractivity contribution in [1.82, 2.24) is 24.5 Å². The highest BCUT2D eigenvalue weighted by molar-refractivity contribution is 5.82. The zero-order valence-electron chi connectivity index (χ0n) is 15.2. The molecule has 0 amide bonds. The Kier molecular flexibility index (Phi) is 3.97. The van der Waals surface area contributed by atoms with Crippen LogP contribution in [0.4, 0.5) is 13.2 Å². The van der Waals surface area contributed by atoms with E-state index in [1.807, 2.05) is 10.9 Å². The standard InChI is InChI=1S/C19H21F3N6/c20-19(21,22)10-28-17-5-16(24-7-13(17)8-25-28)15-9-27(14-3-11(4-14)6-23)26-18(15)12-1-2-12/h5,7-9,11-12,14H,1-4,6,10,23H2. The molecule has 0 unspecified atom stereocenters. The molecule has 3 aromatic rings. The molecule has 0 bridgehead atoms. The highest BCUT2D eigenvalue weighted by Crippen LogP contribution is 2.45. The van der Waals surface area contributed by atoms with Gasteiger partial charge in [-0.3, -0.25) is 14.3 Å². The van der Waals surface area contributed by atoms with E-state index < -0.39 is 12.7 Å². The van der Waals surface area contributed by atoms with E-state index in [4.69, 9.17) is 10.8 Å². The highest BCUT2D eigenvalue weighted by Gasteiger charge is 2.35. The van der Waals surface area contributed by atoms with Crippen LogP contribution in [0, 0.1) is 5.92 Å². The SMILES string of the molecule is NCC1CC(n2cc(-c3cc4c(cn3)cnn4CC(F)(F)F)c(C3CC3)n2)C1. The fourth-order valence-corrected chi connectivity index (χ4v) is 3.97. The number of aromatic nitrogens is 5. The minimum atomic E-state index is -4.32. The molecule has 0 saturated heterocycles. The van der Waals surface area contributed by atoms with Crippen molar-refractivity contribution in [3.05, 3.63) is 30.4 Å². The molecule has 0 aliphatic heterocycles. The molecule has 2 N–H and O–H groups in total. The second-order valence-electron chi connectivity index (χ2n) is 7.96. The Labute approximate surface area is 159 Å². The predicted octanol–water partition coefficient (Wildman–Crippen LogP) is 3.64. The third kappa shape index (κ3) is 3.17. The van der Waals surface area contributed by atoms with Crippen LogP contribution in [-0.2, 0) is 6.54 Å². The van der Waals surface area contributed by atoms with Gasteiger partial charge in [0, 0.05) is 29.3 Å². The summed E-state index contributed by atoms with van der Waals surface area (Å²) >= 11 is 0. The third-order valence-corrected chi connectivity index (χ3v) is 5.77. The van der Waals surface area contributed by atoms with Gasteiger partial charge in [-0.15, -0.1) is 0 Å². The van der Waals surface area contributed by atoms with Gasteiger partial charge in [0.1, 0.15) is 6.54 Å². The molecule has 28 heavy (non-hydrogen) atoms. The molecule has 5 rings (SSSR count). The molecule has 0 aromatic carbocycles. The van der Waals surface area contributed by atoms with Crippen molar-refractivity contribution in [2.45, 2.75) is 50.4 Å². The molecule has 0 spiro atoms. The highest BCUT2D eigenvalue weighted by atomic mass is 19.4. The number of alkyl halides is 3. The summed E-state index contributed by atoms with van der Waals surface area (Å²) < 4.78 is 41.5. The first kappa shape index (κ1) is 17.7. The molecule has 6 nitrogen and oxygen atoms in total. The molecule has 3 heterocycles. The second kappa shape index (κ2) is 6.30. The summed E-state index contributed by atoms with van der Waals surface area (Å²) in [5.41, 5.74) is 8.74. The lowest BCUT2D eigenvalue weighted by atomic mass is 9.80. The van der Waals surface area contributed by atoms with E-state index in [2.05, 4.69) is 10.1 Å². The lowest BCUT2D eigenvalue weighted by Gasteiger charge is -2.34. The minimum absolute atomic E-state index is 0.347. The first-order valence-corrected chi connectivity index (χ1v) is 9.59. The van der Waals surface area contributed by atoms with Gasteiger partial charge in [0.05, 0.1) is 29.1 Å². The van der Waals surface area contributed by atoms with Crippen LogP contribution in [0.15, 0.2) is 24.7 Å². The average Bonchev–Trinajstić information content (AvgIpc) is 3.25. The summed E-state index contributed by atoms with van der Waals surface area (Å²) in [7, 11) is 0. The monoisotopic (exact) mass is 390 g/mol. The number of nitrogens with two attached hydrogens (primary N) is 1. The van der Waals surface area contributed by atoms with Crippen molar-refractivity contribution in [2.24, 2.45) is 11.7 Å². The number of nitrogens with zero attached hydrogens (tertiary/aromatic N) is 5.